The summed E-state index contributed by atoms with van der Waals surface area (Å²) >= 11 is 0. The van der Waals surface area contributed by atoms with Gasteiger partial charge in [0.25, 0.3) is 0 Å². The molecule has 0 rings (SSSR count). The third-order valence-corrected chi connectivity index (χ3v) is 1.39. The molecule has 0 bridgehead atoms. The number of carboxylic acids is 1. The second-order valence-corrected chi connectivity index (χ2v) is 2.57. The van der Waals surface area contributed by atoms with Crippen LogP contribution in [0, 0.1) is 5.92 Å². The minimum atomic E-state index is -0.712. The van der Waals surface area contributed by atoms with Gasteiger partial charge in [0.05, 0.1) is 0 Å². The molecular weight excluding hydrogens is 128 g/mol. The minimum absolute atomic E-state index is 0.272. The summed E-state index contributed by atoms with van der Waals surface area (Å²) in [6.07, 6.45) is 3.93. The Labute approximate surface area is 61.6 Å². The monoisotopic (exact) mass is 142 g/mol. The molecule has 10 heavy (non-hydrogen) atoms. The summed E-state index contributed by atoms with van der Waals surface area (Å²) in [4.78, 5) is 10.1. The first kappa shape index (κ1) is 9.21. The highest BCUT2D eigenvalue weighted by molar-refractivity contribution is 5.66. The molecule has 1 atom stereocenters. The van der Waals surface area contributed by atoms with Gasteiger partial charge in [0.1, 0.15) is 0 Å². The molecule has 0 saturated carbocycles. The van der Waals surface area contributed by atoms with Crippen molar-refractivity contribution >= 4 is 5.97 Å². The number of aliphatic carboxylic acids is 1. The molecule has 0 aliphatic rings. The maximum absolute atomic E-state index is 10.1. The summed E-state index contributed by atoms with van der Waals surface area (Å²) < 4.78 is 0. The average Bonchev–Trinajstić information content (AvgIpc) is 1.82. The first-order valence-electron chi connectivity index (χ1n) is 3.49. The van der Waals surface area contributed by atoms with Crippen LogP contribution in [0.15, 0.2) is 12.7 Å². The fourth-order valence-electron chi connectivity index (χ4n) is 0.803. The fourth-order valence-corrected chi connectivity index (χ4v) is 0.803. The van der Waals surface area contributed by atoms with Crippen molar-refractivity contribution in [3.63, 3.8) is 0 Å². The van der Waals surface area contributed by atoms with Crippen LogP contribution in [0.2, 0.25) is 0 Å². The first-order chi connectivity index (χ1) is 4.66. The summed E-state index contributed by atoms with van der Waals surface area (Å²) in [5.74, 6) is -0.438. The topological polar surface area (TPSA) is 37.3 Å². The fraction of sp³-hybridized carbons (Fsp3) is 0.625. The molecule has 0 amide bonds. The summed E-state index contributed by atoms with van der Waals surface area (Å²) in [5, 5.41) is 8.36. The molecule has 0 aliphatic carbocycles. The zero-order valence-corrected chi connectivity index (χ0v) is 6.34. The van der Waals surface area contributed by atoms with E-state index in [2.05, 4.69) is 6.58 Å². The van der Waals surface area contributed by atoms with Gasteiger partial charge in [-0.05, 0) is 18.8 Å². The molecule has 0 aromatic rings. The van der Waals surface area contributed by atoms with Crippen LogP contribution in [0.5, 0.6) is 0 Å². The SMILES string of the molecule is C=CCC[C@H](C)CC(=O)O. The summed E-state index contributed by atoms with van der Waals surface area (Å²) in [6, 6.07) is 0. The van der Waals surface area contributed by atoms with Gasteiger partial charge in [-0.3, -0.25) is 4.79 Å². The summed E-state index contributed by atoms with van der Waals surface area (Å²) in [5.41, 5.74) is 0. The summed E-state index contributed by atoms with van der Waals surface area (Å²) in [7, 11) is 0. The quantitative estimate of drug-likeness (QED) is 0.596. The molecule has 0 aromatic carbocycles. The predicted molar refractivity (Wildman–Crippen MR) is 40.8 cm³/mol. The third kappa shape index (κ3) is 5.35. The van der Waals surface area contributed by atoms with Gasteiger partial charge in [0.15, 0.2) is 0 Å². The van der Waals surface area contributed by atoms with E-state index in [0.29, 0.717) is 0 Å². The second kappa shape index (κ2) is 5.03. The zero-order chi connectivity index (χ0) is 7.98. The molecule has 1 N–H and O–H groups in total. The number of allylic oxidation sites excluding steroid dienone is 1. The molecule has 0 unspecified atom stereocenters. The van der Waals surface area contributed by atoms with E-state index < -0.39 is 5.97 Å². The van der Waals surface area contributed by atoms with Crippen molar-refractivity contribution in [1.82, 2.24) is 0 Å². The first-order valence-corrected chi connectivity index (χ1v) is 3.49. The molecule has 0 radical (unpaired) electrons. The molecule has 0 saturated heterocycles. The molecule has 0 spiro atoms. The van der Waals surface area contributed by atoms with Crippen LogP contribution in [0.3, 0.4) is 0 Å². The predicted octanol–water partition coefficient (Wildman–Crippen LogP) is 2.06. The molecule has 2 nitrogen and oxygen atoms in total. The van der Waals surface area contributed by atoms with Crippen molar-refractivity contribution in [1.29, 1.82) is 0 Å². The standard InChI is InChI=1S/C8H14O2/c1-3-4-5-7(2)6-8(9)10/h3,7H,1,4-6H2,2H3,(H,9,10)/t7-/m0/s1. The average molecular weight is 142 g/mol. The van der Waals surface area contributed by atoms with E-state index in [1.165, 1.54) is 0 Å². The van der Waals surface area contributed by atoms with Crippen LogP contribution in [0.25, 0.3) is 0 Å². The Balaban J connectivity index is 3.33. The van der Waals surface area contributed by atoms with E-state index in [1.54, 1.807) is 0 Å². The molecule has 2 heteroatoms. The Bertz CT molecular complexity index is 118. The van der Waals surface area contributed by atoms with Crippen LogP contribution in [-0.4, -0.2) is 11.1 Å². The minimum Gasteiger partial charge on any atom is -0.481 e. The van der Waals surface area contributed by atoms with Gasteiger partial charge in [0, 0.05) is 6.42 Å². The molecular formula is C8H14O2. The normalized spacial score (nSPS) is 12.5. The molecule has 0 fully saturated rings. The van der Waals surface area contributed by atoms with Gasteiger partial charge < -0.3 is 5.11 Å². The highest BCUT2D eigenvalue weighted by Crippen LogP contribution is 2.09. The van der Waals surface area contributed by atoms with Gasteiger partial charge in [-0.15, -0.1) is 6.58 Å². The second-order valence-electron chi connectivity index (χ2n) is 2.57. The van der Waals surface area contributed by atoms with E-state index in [0.717, 1.165) is 12.8 Å². The molecule has 0 heterocycles. The van der Waals surface area contributed by atoms with Crippen LogP contribution >= 0.6 is 0 Å². The maximum atomic E-state index is 10.1. The smallest absolute Gasteiger partial charge is 0.303 e. The number of carboxylic acid groups (broad SMARTS) is 1. The Morgan fingerprint density at radius 3 is 2.80 bits per heavy atom. The van der Waals surface area contributed by atoms with Crippen molar-refractivity contribution in [2.45, 2.75) is 26.2 Å². The number of carbonyl (C=O) groups is 1. The van der Waals surface area contributed by atoms with Gasteiger partial charge in [0.2, 0.25) is 0 Å². The Morgan fingerprint density at radius 2 is 2.40 bits per heavy atom. The van der Waals surface area contributed by atoms with Crippen molar-refractivity contribution in [3.8, 4) is 0 Å². The van der Waals surface area contributed by atoms with E-state index in [4.69, 9.17) is 5.11 Å². The molecule has 0 aromatic heterocycles. The largest absolute Gasteiger partial charge is 0.481 e. The zero-order valence-electron chi connectivity index (χ0n) is 6.34. The van der Waals surface area contributed by atoms with Crippen LogP contribution in [0.4, 0.5) is 0 Å². The van der Waals surface area contributed by atoms with Gasteiger partial charge in [-0.25, -0.2) is 0 Å². The lowest BCUT2D eigenvalue weighted by molar-refractivity contribution is -0.138. The maximum Gasteiger partial charge on any atom is 0.303 e. The van der Waals surface area contributed by atoms with Gasteiger partial charge in [-0.2, -0.15) is 0 Å². The lowest BCUT2D eigenvalue weighted by Gasteiger charge is -2.04. The van der Waals surface area contributed by atoms with Crippen molar-refractivity contribution in [2.75, 3.05) is 0 Å². The van der Waals surface area contributed by atoms with Crippen molar-refractivity contribution in [2.24, 2.45) is 5.92 Å². The molecule has 58 valence electrons. The van der Waals surface area contributed by atoms with Crippen LogP contribution in [0.1, 0.15) is 26.2 Å². The Morgan fingerprint density at radius 1 is 1.80 bits per heavy atom. The number of rotatable bonds is 5. The third-order valence-electron chi connectivity index (χ3n) is 1.39. The van der Waals surface area contributed by atoms with Crippen molar-refractivity contribution < 1.29 is 9.90 Å². The van der Waals surface area contributed by atoms with Crippen LogP contribution in [-0.2, 0) is 4.79 Å². The van der Waals surface area contributed by atoms with E-state index in [9.17, 15) is 4.79 Å². The Kier molecular flexibility index (Phi) is 4.63. The van der Waals surface area contributed by atoms with Crippen molar-refractivity contribution in [3.05, 3.63) is 12.7 Å². The lowest BCUT2D eigenvalue weighted by atomic mass is 10.0. The molecule has 0 aliphatic heterocycles. The van der Waals surface area contributed by atoms with Gasteiger partial charge in [-0.1, -0.05) is 13.0 Å². The van der Waals surface area contributed by atoms with E-state index >= 15 is 0 Å². The lowest BCUT2D eigenvalue weighted by Crippen LogP contribution is -2.03. The summed E-state index contributed by atoms with van der Waals surface area (Å²) in [6.45, 7) is 5.51. The van der Waals surface area contributed by atoms with Gasteiger partial charge >= 0.3 is 5.97 Å². The highest BCUT2D eigenvalue weighted by Gasteiger charge is 2.05. The Hall–Kier alpha value is -0.790. The van der Waals surface area contributed by atoms with E-state index in [-0.39, 0.29) is 12.3 Å². The van der Waals surface area contributed by atoms with E-state index in [1.807, 2.05) is 13.0 Å². The van der Waals surface area contributed by atoms with Crippen LogP contribution < -0.4 is 0 Å². The number of hydrogen-bond acceptors (Lipinski definition) is 1. The number of hydrogen-bond donors (Lipinski definition) is 1. The highest BCUT2D eigenvalue weighted by atomic mass is 16.4.